The third-order valence-corrected chi connectivity index (χ3v) is 8.24. The molecular formula is C26H30Cl2N2O3. The monoisotopic (exact) mass is 488 g/mol. The summed E-state index contributed by atoms with van der Waals surface area (Å²) in [6.07, 6.45) is 2.78. The quantitative estimate of drug-likeness (QED) is 0.563. The maximum Gasteiger partial charge on any atom is 0.407 e. The van der Waals surface area contributed by atoms with E-state index in [9.17, 15) is 4.79 Å². The number of rotatable bonds is 4. The molecule has 4 aliphatic rings. The molecule has 0 saturated carbocycles. The molecule has 176 valence electrons. The molecule has 2 atom stereocenters. The van der Waals surface area contributed by atoms with Crippen molar-refractivity contribution in [3.8, 4) is 16.9 Å². The summed E-state index contributed by atoms with van der Waals surface area (Å²) in [6.45, 7) is 7.48. The van der Waals surface area contributed by atoms with E-state index in [1.165, 1.54) is 5.56 Å². The Morgan fingerprint density at radius 2 is 1.91 bits per heavy atom. The van der Waals surface area contributed by atoms with Crippen molar-refractivity contribution in [2.24, 2.45) is 11.3 Å². The number of ether oxygens (including phenoxy) is 2. The molecule has 2 bridgehead atoms. The van der Waals surface area contributed by atoms with E-state index in [-0.39, 0.29) is 23.7 Å². The molecule has 7 heteroatoms. The van der Waals surface area contributed by atoms with Crippen LogP contribution in [0.1, 0.15) is 43.9 Å². The van der Waals surface area contributed by atoms with Crippen molar-refractivity contribution in [3.63, 3.8) is 0 Å². The van der Waals surface area contributed by atoms with Gasteiger partial charge in [-0.1, -0.05) is 61.3 Å². The summed E-state index contributed by atoms with van der Waals surface area (Å²) in [6, 6.07) is 9.90. The third kappa shape index (κ3) is 4.20. The second kappa shape index (κ2) is 8.68. The predicted molar refractivity (Wildman–Crippen MR) is 131 cm³/mol. The molecule has 1 amide bonds. The largest absolute Gasteiger partial charge is 0.494 e. The zero-order valence-electron chi connectivity index (χ0n) is 19.3. The van der Waals surface area contributed by atoms with Crippen molar-refractivity contribution in [2.45, 2.75) is 45.3 Å². The average molecular weight is 489 g/mol. The number of carbonyl (C=O) groups is 1. The minimum Gasteiger partial charge on any atom is -0.494 e. The number of fused-ring (bicyclic) bond motifs is 4. The molecule has 3 saturated heterocycles. The summed E-state index contributed by atoms with van der Waals surface area (Å²) < 4.78 is 11.3. The van der Waals surface area contributed by atoms with Crippen LogP contribution in [-0.2, 0) is 11.2 Å². The second-order valence-corrected chi connectivity index (χ2v) is 11.0. The SMILES string of the molecule is COc1c(Cl)ccc(-c2ccc3c(c2)CC(C)(C)C3NC(=O)O[C@@H]2CN3CCC2CC3)c1Cl. The van der Waals surface area contributed by atoms with Crippen molar-refractivity contribution in [1.29, 1.82) is 0 Å². The number of amides is 1. The Hall–Kier alpha value is -1.95. The number of benzene rings is 2. The topological polar surface area (TPSA) is 50.8 Å². The van der Waals surface area contributed by atoms with E-state index >= 15 is 0 Å². The smallest absolute Gasteiger partial charge is 0.407 e. The molecule has 3 aliphatic heterocycles. The predicted octanol–water partition coefficient (Wildman–Crippen LogP) is 6.11. The normalized spacial score (nSPS) is 27.2. The summed E-state index contributed by atoms with van der Waals surface area (Å²) in [4.78, 5) is 15.3. The lowest BCUT2D eigenvalue weighted by Gasteiger charge is -2.44. The lowest BCUT2D eigenvalue weighted by Crippen LogP contribution is -2.53. The number of carbonyl (C=O) groups excluding carboxylic acids is 1. The Morgan fingerprint density at radius 3 is 2.58 bits per heavy atom. The first-order valence-corrected chi connectivity index (χ1v) is 12.4. The van der Waals surface area contributed by atoms with Crippen LogP contribution in [0.15, 0.2) is 30.3 Å². The second-order valence-electron chi connectivity index (χ2n) is 10.2. The van der Waals surface area contributed by atoms with E-state index in [2.05, 4.69) is 36.2 Å². The molecular weight excluding hydrogens is 459 g/mol. The number of hydrogen-bond donors (Lipinski definition) is 1. The van der Waals surface area contributed by atoms with Gasteiger partial charge in [0.05, 0.1) is 23.2 Å². The van der Waals surface area contributed by atoms with Gasteiger partial charge in [-0.15, -0.1) is 0 Å². The van der Waals surface area contributed by atoms with Gasteiger partial charge in [0.15, 0.2) is 5.75 Å². The molecule has 2 aromatic carbocycles. The van der Waals surface area contributed by atoms with Crippen LogP contribution in [0, 0.1) is 11.3 Å². The molecule has 6 rings (SSSR count). The van der Waals surface area contributed by atoms with Gasteiger partial charge in [-0.2, -0.15) is 0 Å². The van der Waals surface area contributed by atoms with Gasteiger partial charge in [0.1, 0.15) is 6.10 Å². The van der Waals surface area contributed by atoms with Gasteiger partial charge in [-0.3, -0.25) is 4.90 Å². The van der Waals surface area contributed by atoms with Crippen LogP contribution < -0.4 is 10.1 Å². The number of hydrogen-bond acceptors (Lipinski definition) is 4. The highest BCUT2D eigenvalue weighted by molar-refractivity contribution is 6.39. The van der Waals surface area contributed by atoms with Crippen LogP contribution in [0.5, 0.6) is 5.75 Å². The summed E-state index contributed by atoms with van der Waals surface area (Å²) in [5, 5.41) is 4.17. The van der Waals surface area contributed by atoms with Gasteiger partial charge in [0.2, 0.25) is 0 Å². The molecule has 0 aromatic heterocycles. The van der Waals surface area contributed by atoms with E-state index in [0.29, 0.717) is 21.7 Å². The van der Waals surface area contributed by atoms with Crippen molar-refractivity contribution < 1.29 is 14.3 Å². The van der Waals surface area contributed by atoms with Crippen molar-refractivity contribution in [3.05, 3.63) is 51.5 Å². The minimum atomic E-state index is -0.311. The van der Waals surface area contributed by atoms with Crippen LogP contribution in [0.2, 0.25) is 10.0 Å². The number of nitrogens with zero attached hydrogens (tertiary/aromatic N) is 1. The third-order valence-electron chi connectivity index (χ3n) is 7.56. The number of halogens is 2. The summed E-state index contributed by atoms with van der Waals surface area (Å²) in [7, 11) is 1.56. The first-order valence-electron chi connectivity index (χ1n) is 11.6. The Morgan fingerprint density at radius 1 is 1.15 bits per heavy atom. The van der Waals surface area contributed by atoms with E-state index in [1.807, 2.05) is 12.1 Å². The number of methoxy groups -OCH3 is 1. The highest BCUT2D eigenvalue weighted by atomic mass is 35.5. The zero-order valence-corrected chi connectivity index (χ0v) is 20.8. The van der Waals surface area contributed by atoms with Crippen LogP contribution in [0.3, 0.4) is 0 Å². The number of nitrogens with one attached hydrogen (secondary N) is 1. The minimum absolute atomic E-state index is 0.000823. The lowest BCUT2D eigenvalue weighted by molar-refractivity contribution is -0.0348. The molecule has 0 spiro atoms. The fourth-order valence-electron chi connectivity index (χ4n) is 5.77. The zero-order chi connectivity index (χ0) is 23.3. The molecule has 1 aliphatic carbocycles. The van der Waals surface area contributed by atoms with Gasteiger partial charge in [-0.05, 0) is 66.4 Å². The molecule has 1 N–H and O–H groups in total. The van der Waals surface area contributed by atoms with Crippen LogP contribution in [0.25, 0.3) is 11.1 Å². The molecule has 33 heavy (non-hydrogen) atoms. The molecule has 1 unspecified atom stereocenters. The molecule has 2 aromatic rings. The Bertz CT molecular complexity index is 1080. The van der Waals surface area contributed by atoms with Crippen molar-refractivity contribution in [2.75, 3.05) is 26.7 Å². The standard InChI is InChI=1S/C26H30Cl2N2O3/c1-26(2)13-17-12-16(18-6-7-20(27)23(32-3)22(18)28)4-5-19(17)24(26)29-25(31)33-21-14-30-10-8-15(21)9-11-30/h4-7,12,15,21,24H,8-11,13-14H2,1-3H3,(H,29,31)/t21-,24?/m1/s1. The molecule has 0 radical (unpaired) electrons. The van der Waals surface area contributed by atoms with Gasteiger partial charge in [0.25, 0.3) is 0 Å². The fourth-order valence-corrected chi connectivity index (χ4v) is 6.41. The highest BCUT2D eigenvalue weighted by Crippen LogP contribution is 2.47. The van der Waals surface area contributed by atoms with Crippen molar-refractivity contribution in [1.82, 2.24) is 10.2 Å². The highest BCUT2D eigenvalue weighted by Gasteiger charge is 2.42. The maximum absolute atomic E-state index is 12.9. The summed E-state index contributed by atoms with van der Waals surface area (Å²) in [5.74, 6) is 0.972. The van der Waals surface area contributed by atoms with Gasteiger partial charge >= 0.3 is 6.09 Å². The van der Waals surface area contributed by atoms with Crippen LogP contribution in [-0.4, -0.2) is 43.8 Å². The van der Waals surface area contributed by atoms with E-state index in [1.54, 1.807) is 13.2 Å². The van der Waals surface area contributed by atoms with E-state index in [0.717, 1.165) is 55.6 Å². The van der Waals surface area contributed by atoms with E-state index < -0.39 is 0 Å². The molecule has 3 fully saturated rings. The van der Waals surface area contributed by atoms with Crippen LogP contribution in [0.4, 0.5) is 4.79 Å². The average Bonchev–Trinajstić information content (AvgIpc) is 3.03. The fraction of sp³-hybridized carbons (Fsp3) is 0.500. The first kappa shape index (κ1) is 22.8. The van der Waals surface area contributed by atoms with Crippen LogP contribution >= 0.6 is 23.2 Å². The lowest BCUT2D eigenvalue weighted by atomic mass is 9.85. The van der Waals surface area contributed by atoms with E-state index in [4.69, 9.17) is 32.7 Å². The van der Waals surface area contributed by atoms with Crippen molar-refractivity contribution >= 4 is 29.3 Å². The molecule has 5 nitrogen and oxygen atoms in total. The summed E-state index contributed by atoms with van der Waals surface area (Å²) >= 11 is 12.8. The number of piperidine rings is 3. The van der Waals surface area contributed by atoms with Gasteiger partial charge in [-0.25, -0.2) is 4.79 Å². The first-order chi connectivity index (χ1) is 15.8. The Labute approximate surface area is 205 Å². The number of alkyl carbamates (subject to hydrolysis) is 1. The summed E-state index contributed by atoms with van der Waals surface area (Å²) in [5.41, 5.74) is 4.08. The Balaban J connectivity index is 1.36. The molecule has 3 heterocycles. The maximum atomic E-state index is 12.9. The Kier molecular flexibility index (Phi) is 6.00. The van der Waals surface area contributed by atoms with Gasteiger partial charge < -0.3 is 14.8 Å². The van der Waals surface area contributed by atoms with Gasteiger partial charge in [0, 0.05) is 12.1 Å².